The summed E-state index contributed by atoms with van der Waals surface area (Å²) in [6, 6.07) is 0. The van der Waals surface area contributed by atoms with E-state index in [0.717, 1.165) is 0 Å². The van der Waals surface area contributed by atoms with Crippen molar-refractivity contribution >= 4 is 0 Å². The molecular formula is C2H10N3O2+. The zero-order valence-electron chi connectivity index (χ0n) is 4.07. The Hall–Kier alpha value is -0.200. The summed E-state index contributed by atoms with van der Waals surface area (Å²) in [7, 11) is 0. The van der Waals surface area contributed by atoms with Crippen LogP contribution in [0.4, 0.5) is 0 Å². The van der Waals surface area contributed by atoms with Crippen LogP contribution >= 0.6 is 0 Å². The molecule has 0 radical (unpaired) electrons. The Kier molecular flexibility index (Phi) is 1.68. The van der Waals surface area contributed by atoms with Gasteiger partial charge in [0, 0.05) is 6.92 Å². The quantitative estimate of drug-likeness (QED) is 0.139. The molecule has 0 saturated heterocycles. The summed E-state index contributed by atoms with van der Waals surface area (Å²) >= 11 is 0. The van der Waals surface area contributed by atoms with E-state index in [9.17, 15) is 0 Å². The predicted molar refractivity (Wildman–Crippen MR) is 22.1 cm³/mol. The van der Waals surface area contributed by atoms with Gasteiger partial charge in [0.15, 0.2) is 0 Å². The van der Waals surface area contributed by atoms with Crippen LogP contribution in [0, 0.1) is 0 Å². The Morgan fingerprint density at radius 2 is 1.71 bits per heavy atom. The second kappa shape index (κ2) is 1.73. The summed E-state index contributed by atoms with van der Waals surface area (Å²) in [5, 5.41) is 16.7. The van der Waals surface area contributed by atoms with Gasteiger partial charge in [-0.05, 0) is 4.86 Å². The standard InChI is InChI=1S/C2H10N3O2/c1-2(6)5(3,4)7/h2,6-7H,3-4H2,1H3/q+1/t2-/m1/s1. The van der Waals surface area contributed by atoms with Crippen LogP contribution in [0.5, 0.6) is 0 Å². The first-order valence-corrected chi connectivity index (χ1v) is 1.81. The van der Waals surface area contributed by atoms with Crippen molar-refractivity contribution in [2.24, 2.45) is 11.7 Å². The molecule has 44 valence electrons. The lowest BCUT2D eigenvalue weighted by Gasteiger charge is -2.18. The third-order valence-electron chi connectivity index (χ3n) is 0.599. The molecule has 0 aliphatic carbocycles. The molecule has 0 bridgehead atoms. The molecule has 5 nitrogen and oxygen atoms in total. The van der Waals surface area contributed by atoms with Gasteiger partial charge < -0.3 is 5.11 Å². The van der Waals surface area contributed by atoms with E-state index in [1.165, 1.54) is 6.92 Å². The van der Waals surface area contributed by atoms with Crippen LogP contribution in [0.3, 0.4) is 0 Å². The first-order valence-electron chi connectivity index (χ1n) is 1.81. The van der Waals surface area contributed by atoms with Crippen molar-refractivity contribution in [2.45, 2.75) is 13.2 Å². The molecule has 0 unspecified atom stereocenters. The molecule has 0 amide bonds. The number of hydrogen-bond acceptors (Lipinski definition) is 4. The molecule has 7 heavy (non-hydrogen) atoms. The molecule has 0 aliphatic heterocycles. The zero-order valence-corrected chi connectivity index (χ0v) is 4.07. The van der Waals surface area contributed by atoms with Crippen molar-refractivity contribution < 1.29 is 15.2 Å². The smallest absolute Gasteiger partial charge is 0.255 e. The predicted octanol–water partition coefficient (Wildman–Crippen LogP) is -1.72. The normalized spacial score (nSPS) is 16.7. The fourth-order valence-electron chi connectivity index (χ4n) is 0. The van der Waals surface area contributed by atoms with Crippen molar-refractivity contribution in [3.05, 3.63) is 0 Å². The van der Waals surface area contributed by atoms with Crippen LogP contribution in [0.25, 0.3) is 0 Å². The largest absolute Gasteiger partial charge is 0.340 e. The minimum atomic E-state index is -1.39. The Labute approximate surface area is 41.2 Å². The molecule has 1 atom stereocenters. The van der Waals surface area contributed by atoms with E-state index in [4.69, 9.17) is 22.0 Å². The van der Waals surface area contributed by atoms with Gasteiger partial charge in [-0.3, -0.25) is 0 Å². The number of aliphatic hydroxyl groups is 1. The Morgan fingerprint density at radius 3 is 1.71 bits per heavy atom. The van der Waals surface area contributed by atoms with E-state index in [2.05, 4.69) is 0 Å². The van der Waals surface area contributed by atoms with Gasteiger partial charge in [0.05, 0.1) is 0 Å². The van der Waals surface area contributed by atoms with E-state index < -0.39 is 11.1 Å². The molecule has 5 heteroatoms. The summed E-state index contributed by atoms with van der Waals surface area (Å²) < 4.78 is 0. The third-order valence-corrected chi connectivity index (χ3v) is 0.599. The van der Waals surface area contributed by atoms with Gasteiger partial charge in [0.2, 0.25) is 0 Å². The highest BCUT2D eigenvalue weighted by Gasteiger charge is 2.20. The lowest BCUT2D eigenvalue weighted by molar-refractivity contribution is -1.15. The van der Waals surface area contributed by atoms with Crippen LogP contribution in [0.15, 0.2) is 0 Å². The number of hydroxylamine groups is 1. The number of rotatable bonds is 1. The molecule has 0 fully saturated rings. The summed E-state index contributed by atoms with van der Waals surface area (Å²) in [5.74, 6) is 9.40. The maximum Gasteiger partial charge on any atom is 0.255 e. The van der Waals surface area contributed by atoms with Gasteiger partial charge in [0.25, 0.3) is 6.23 Å². The second-order valence-corrected chi connectivity index (χ2v) is 1.43. The van der Waals surface area contributed by atoms with Crippen LogP contribution in [-0.4, -0.2) is 21.4 Å². The Morgan fingerprint density at radius 1 is 1.57 bits per heavy atom. The summed E-state index contributed by atoms with van der Waals surface area (Å²) in [5.41, 5.74) is 0. The molecule has 0 aromatic rings. The molecule has 0 aromatic heterocycles. The van der Waals surface area contributed by atoms with E-state index in [1.54, 1.807) is 0 Å². The number of quaternary nitrogens is 1. The van der Waals surface area contributed by atoms with Gasteiger partial charge in [-0.25, -0.2) is 0 Å². The summed E-state index contributed by atoms with van der Waals surface area (Å²) in [6.07, 6.45) is -1.15. The highest BCUT2D eigenvalue weighted by Crippen LogP contribution is 1.84. The molecular weight excluding hydrogens is 98.0 g/mol. The SMILES string of the molecule is C[C@@H](O)[N+](N)(N)O. The molecule has 0 aromatic carbocycles. The third kappa shape index (κ3) is 2.49. The molecule has 0 aliphatic rings. The molecule has 0 heterocycles. The molecule has 0 rings (SSSR count). The van der Waals surface area contributed by atoms with E-state index in [1.807, 2.05) is 0 Å². The molecule has 0 saturated carbocycles. The number of nitrogens with zero attached hydrogens (tertiary/aromatic N) is 1. The number of nitrogens with two attached hydrogens (primary N) is 2. The van der Waals surface area contributed by atoms with Gasteiger partial charge in [0.1, 0.15) is 0 Å². The van der Waals surface area contributed by atoms with Gasteiger partial charge in [-0.15, -0.1) is 11.7 Å². The second-order valence-electron chi connectivity index (χ2n) is 1.43. The van der Waals surface area contributed by atoms with Gasteiger partial charge in [-0.1, -0.05) is 0 Å². The van der Waals surface area contributed by atoms with Crippen LogP contribution in [-0.2, 0) is 0 Å². The van der Waals surface area contributed by atoms with Crippen LogP contribution in [0.1, 0.15) is 6.92 Å². The maximum atomic E-state index is 8.36. The zero-order chi connectivity index (χ0) is 6.08. The average molecular weight is 108 g/mol. The summed E-state index contributed by atoms with van der Waals surface area (Å²) in [4.78, 5) is -1.39. The van der Waals surface area contributed by atoms with Crippen molar-refractivity contribution in [1.82, 2.24) is 0 Å². The van der Waals surface area contributed by atoms with E-state index in [0.29, 0.717) is 0 Å². The van der Waals surface area contributed by atoms with Crippen molar-refractivity contribution in [2.75, 3.05) is 0 Å². The minimum absolute atomic E-state index is 1.15. The fraction of sp³-hybridized carbons (Fsp3) is 1.00. The van der Waals surface area contributed by atoms with E-state index in [-0.39, 0.29) is 0 Å². The lowest BCUT2D eigenvalue weighted by atomic mass is 10.7. The van der Waals surface area contributed by atoms with Crippen molar-refractivity contribution in [3.63, 3.8) is 0 Å². The Balaban J connectivity index is 3.54. The first kappa shape index (κ1) is 6.80. The van der Waals surface area contributed by atoms with Crippen LogP contribution in [0.2, 0.25) is 0 Å². The Bertz CT molecular complexity index is 56.4. The van der Waals surface area contributed by atoms with Crippen molar-refractivity contribution in [1.29, 1.82) is 0 Å². The molecule has 6 N–H and O–H groups in total. The highest BCUT2D eigenvalue weighted by atomic mass is 16.7. The summed E-state index contributed by atoms with van der Waals surface area (Å²) in [6.45, 7) is 1.28. The first-order chi connectivity index (χ1) is 2.94. The minimum Gasteiger partial charge on any atom is -0.340 e. The van der Waals surface area contributed by atoms with E-state index >= 15 is 0 Å². The van der Waals surface area contributed by atoms with Crippen LogP contribution < -0.4 is 11.7 Å². The lowest BCUT2D eigenvalue weighted by Crippen LogP contribution is -2.62. The fourth-order valence-corrected chi connectivity index (χ4v) is 0. The average Bonchev–Trinajstić information content (AvgIpc) is 1.31. The number of aliphatic hydroxyl groups excluding tert-OH is 1. The van der Waals surface area contributed by atoms with Gasteiger partial charge in [-0.2, -0.15) is 5.21 Å². The van der Waals surface area contributed by atoms with Gasteiger partial charge >= 0.3 is 0 Å². The maximum absolute atomic E-state index is 8.36. The molecule has 0 spiro atoms. The highest BCUT2D eigenvalue weighted by molar-refractivity contribution is 4.09. The topological polar surface area (TPSA) is 92.5 Å². The monoisotopic (exact) mass is 108 g/mol. The number of hydrogen-bond donors (Lipinski definition) is 4. The van der Waals surface area contributed by atoms with Crippen molar-refractivity contribution in [3.8, 4) is 0 Å².